The van der Waals surface area contributed by atoms with Gasteiger partial charge in [-0.3, -0.25) is 14.4 Å². The maximum Gasteiger partial charge on any atom is 0.326 e. The van der Waals surface area contributed by atoms with Crippen LogP contribution in [0, 0.1) is 0 Å². The van der Waals surface area contributed by atoms with Crippen LogP contribution in [0.5, 0.6) is 0 Å². The number of benzene rings is 1. The maximum atomic E-state index is 10.4. The molecule has 1 saturated heterocycles. The van der Waals surface area contributed by atoms with Crippen LogP contribution in [0.15, 0.2) is 30.3 Å². The smallest absolute Gasteiger partial charge is 0.326 e. The van der Waals surface area contributed by atoms with E-state index in [1.54, 1.807) is 0 Å². The van der Waals surface area contributed by atoms with E-state index in [9.17, 15) is 19.2 Å². The lowest BCUT2D eigenvalue weighted by molar-refractivity contribution is -0.140. The molecule has 8 N–H and O–H groups in total. The molecule has 0 spiro atoms. The molecule has 26 heavy (non-hydrogen) atoms. The van der Waals surface area contributed by atoms with Crippen LogP contribution in [0.4, 0.5) is 0 Å². The molecular weight excluding hydrogens is 346 g/mol. The Morgan fingerprint density at radius 2 is 1.69 bits per heavy atom. The third-order valence-electron chi connectivity index (χ3n) is 3.08. The zero-order chi connectivity index (χ0) is 20.1. The lowest BCUT2D eigenvalue weighted by Crippen LogP contribution is -2.32. The molecular formula is C16H23N3O7. The summed E-state index contributed by atoms with van der Waals surface area (Å²) in [6.07, 6.45) is 1.15. The quantitative estimate of drug-likeness (QED) is 0.378. The molecule has 144 valence electrons. The van der Waals surface area contributed by atoms with Gasteiger partial charge in [-0.05, 0) is 18.4 Å². The van der Waals surface area contributed by atoms with E-state index in [1.165, 1.54) is 0 Å². The van der Waals surface area contributed by atoms with Crippen molar-refractivity contribution in [2.75, 3.05) is 6.54 Å². The summed E-state index contributed by atoms with van der Waals surface area (Å²) in [5.74, 6) is -3.04. The van der Waals surface area contributed by atoms with Crippen molar-refractivity contribution < 1.29 is 34.5 Å². The van der Waals surface area contributed by atoms with Crippen molar-refractivity contribution in [2.24, 2.45) is 11.5 Å². The maximum absolute atomic E-state index is 10.4. The molecule has 0 radical (unpaired) electrons. The van der Waals surface area contributed by atoms with E-state index in [-0.39, 0.29) is 12.5 Å². The number of hydrogen-bond acceptors (Lipinski definition) is 6. The molecule has 1 amide bonds. The van der Waals surface area contributed by atoms with Gasteiger partial charge < -0.3 is 32.1 Å². The summed E-state index contributed by atoms with van der Waals surface area (Å²) in [5.41, 5.74) is 10.9. The zero-order valence-corrected chi connectivity index (χ0v) is 14.0. The average molecular weight is 369 g/mol. The Morgan fingerprint density at radius 1 is 1.15 bits per heavy atom. The highest BCUT2D eigenvalue weighted by molar-refractivity contribution is 5.87. The summed E-state index contributed by atoms with van der Waals surface area (Å²) in [7, 11) is 0. The predicted octanol–water partition coefficient (Wildman–Crippen LogP) is -0.980. The fraction of sp³-hybridized carbons (Fsp3) is 0.375. The van der Waals surface area contributed by atoms with Gasteiger partial charge in [-0.1, -0.05) is 30.3 Å². The lowest BCUT2D eigenvalue weighted by Gasteiger charge is -2.04. The largest absolute Gasteiger partial charge is 0.480 e. The van der Waals surface area contributed by atoms with Gasteiger partial charge in [0.05, 0.1) is 6.54 Å². The first-order chi connectivity index (χ1) is 12.2. The zero-order valence-electron chi connectivity index (χ0n) is 14.0. The van der Waals surface area contributed by atoms with E-state index in [4.69, 9.17) is 21.1 Å². The fourth-order valence-corrected chi connectivity index (χ4v) is 1.75. The number of nitrogens with two attached hydrogens (primary N) is 2. The van der Waals surface area contributed by atoms with E-state index >= 15 is 0 Å². The first-order valence-electron chi connectivity index (χ1n) is 7.63. The summed E-state index contributed by atoms with van der Waals surface area (Å²) < 4.78 is 0. The standard InChI is InChI=1S/C9H11NO2.C5H7NO3.C2H5NO2/c10-8(9(11)12)6-7-4-2-1-3-5-7;7-4-2-1-3(6-4)5(8)9;3-1-2(4)5/h1-5,8H,6,10H2,(H,11,12);3H,1-2H2,(H,6,7)(H,8,9);1,3H2,(H,4,5)/t8-;3-;/m10./s1. The number of amides is 1. The van der Waals surface area contributed by atoms with Crippen molar-refractivity contribution in [1.82, 2.24) is 5.32 Å². The number of carboxylic acids is 3. The molecule has 0 bridgehead atoms. The second-order valence-electron chi connectivity index (χ2n) is 5.23. The topological polar surface area (TPSA) is 193 Å². The Kier molecular flexibility index (Phi) is 11.0. The van der Waals surface area contributed by atoms with Crippen LogP contribution in [0.1, 0.15) is 18.4 Å². The molecule has 1 aromatic rings. The van der Waals surface area contributed by atoms with Crippen molar-refractivity contribution in [1.29, 1.82) is 0 Å². The molecule has 10 nitrogen and oxygen atoms in total. The van der Waals surface area contributed by atoms with Crippen molar-refractivity contribution in [3.05, 3.63) is 35.9 Å². The van der Waals surface area contributed by atoms with Gasteiger partial charge in [0.2, 0.25) is 5.91 Å². The third-order valence-corrected chi connectivity index (χ3v) is 3.08. The van der Waals surface area contributed by atoms with Crippen LogP contribution in [0.3, 0.4) is 0 Å². The second kappa shape index (κ2) is 12.4. The summed E-state index contributed by atoms with van der Waals surface area (Å²) in [5, 5.41) is 26.7. The minimum atomic E-state index is -0.968. The lowest BCUT2D eigenvalue weighted by atomic mass is 10.1. The Balaban J connectivity index is 0.000000394. The van der Waals surface area contributed by atoms with Gasteiger partial charge >= 0.3 is 17.9 Å². The number of hydrogen-bond donors (Lipinski definition) is 6. The van der Waals surface area contributed by atoms with Crippen molar-refractivity contribution in [3.8, 4) is 0 Å². The highest BCUT2D eigenvalue weighted by Gasteiger charge is 2.26. The number of aliphatic carboxylic acids is 3. The number of carboxylic acid groups (broad SMARTS) is 3. The molecule has 10 heteroatoms. The van der Waals surface area contributed by atoms with E-state index in [0.717, 1.165) is 5.56 Å². The number of rotatable bonds is 5. The third kappa shape index (κ3) is 10.7. The highest BCUT2D eigenvalue weighted by atomic mass is 16.4. The second-order valence-corrected chi connectivity index (χ2v) is 5.23. The van der Waals surface area contributed by atoms with Crippen LogP contribution >= 0.6 is 0 Å². The Bertz CT molecular complexity index is 607. The molecule has 0 saturated carbocycles. The first-order valence-corrected chi connectivity index (χ1v) is 7.63. The van der Waals surface area contributed by atoms with Crippen molar-refractivity contribution in [3.63, 3.8) is 0 Å². The summed E-state index contributed by atoms with van der Waals surface area (Å²) in [4.78, 5) is 40.1. The van der Waals surface area contributed by atoms with Gasteiger partial charge in [-0.15, -0.1) is 0 Å². The van der Waals surface area contributed by atoms with Gasteiger partial charge in [0, 0.05) is 6.42 Å². The molecule has 2 atom stereocenters. The SMILES string of the molecule is NCC(=O)O.N[C@H](Cc1ccccc1)C(=O)O.O=C1CC[C@@H](C(=O)O)N1. The Labute approximate surface area is 149 Å². The minimum absolute atomic E-state index is 0.164. The van der Waals surface area contributed by atoms with Crippen LogP contribution in [-0.2, 0) is 25.6 Å². The van der Waals surface area contributed by atoms with E-state index in [0.29, 0.717) is 19.3 Å². The van der Waals surface area contributed by atoms with Gasteiger partial charge in [0.15, 0.2) is 0 Å². The van der Waals surface area contributed by atoms with Gasteiger partial charge in [0.25, 0.3) is 0 Å². The van der Waals surface area contributed by atoms with Gasteiger partial charge in [-0.25, -0.2) is 4.79 Å². The van der Waals surface area contributed by atoms with Crippen molar-refractivity contribution >= 4 is 23.8 Å². The highest BCUT2D eigenvalue weighted by Crippen LogP contribution is 2.05. The minimum Gasteiger partial charge on any atom is -0.480 e. The molecule has 1 aromatic carbocycles. The Hall–Kier alpha value is -2.98. The van der Waals surface area contributed by atoms with E-state index in [1.807, 2.05) is 30.3 Å². The predicted molar refractivity (Wildman–Crippen MR) is 91.2 cm³/mol. The molecule has 0 unspecified atom stereocenters. The van der Waals surface area contributed by atoms with E-state index < -0.39 is 30.0 Å². The molecule has 1 fully saturated rings. The summed E-state index contributed by atoms with van der Waals surface area (Å²) in [6.45, 7) is -0.278. The van der Waals surface area contributed by atoms with E-state index in [2.05, 4.69) is 11.1 Å². The monoisotopic (exact) mass is 369 g/mol. The molecule has 2 rings (SSSR count). The van der Waals surface area contributed by atoms with Crippen LogP contribution in [-0.4, -0.2) is 57.8 Å². The molecule has 1 aliphatic rings. The van der Waals surface area contributed by atoms with Crippen molar-refractivity contribution in [2.45, 2.75) is 31.3 Å². The average Bonchev–Trinajstić information content (AvgIpc) is 3.03. The molecule has 1 heterocycles. The van der Waals surface area contributed by atoms with Crippen LogP contribution in [0.25, 0.3) is 0 Å². The molecule has 0 aromatic heterocycles. The number of carbonyl (C=O) groups is 4. The Morgan fingerprint density at radius 3 is 2.00 bits per heavy atom. The molecule has 0 aliphatic carbocycles. The summed E-state index contributed by atoms with van der Waals surface area (Å²) in [6, 6.07) is 7.90. The molecule has 1 aliphatic heterocycles. The fourth-order valence-electron chi connectivity index (χ4n) is 1.75. The number of carbonyl (C=O) groups excluding carboxylic acids is 1. The normalized spacial score (nSPS) is 16.1. The van der Waals surface area contributed by atoms with Crippen LogP contribution < -0.4 is 16.8 Å². The first kappa shape index (κ1) is 23.0. The number of nitrogens with one attached hydrogen (secondary N) is 1. The summed E-state index contributed by atoms with van der Waals surface area (Å²) >= 11 is 0. The van der Waals surface area contributed by atoms with Gasteiger partial charge in [-0.2, -0.15) is 0 Å². The van der Waals surface area contributed by atoms with Gasteiger partial charge in [0.1, 0.15) is 12.1 Å². The van der Waals surface area contributed by atoms with Crippen LogP contribution in [0.2, 0.25) is 0 Å².